The normalized spacial score (nSPS) is 12.2. The van der Waals surface area contributed by atoms with Crippen LogP contribution in [0.3, 0.4) is 0 Å². The van der Waals surface area contributed by atoms with Gasteiger partial charge >= 0.3 is 0 Å². The lowest BCUT2D eigenvalue weighted by atomic mass is 9.98. The molecule has 5 heteroatoms. The van der Waals surface area contributed by atoms with Gasteiger partial charge in [-0.2, -0.15) is 0 Å². The van der Waals surface area contributed by atoms with E-state index in [1.807, 2.05) is 0 Å². The molecular weight excluding hydrogens is 259 g/mol. The summed E-state index contributed by atoms with van der Waals surface area (Å²) < 4.78 is 13.2. The largest absolute Gasteiger partial charge is 0.324 e. The van der Waals surface area contributed by atoms with E-state index in [2.05, 4.69) is 0 Å². The number of nitrogens with zero attached hydrogens (tertiary/aromatic N) is 1. The Morgan fingerprint density at radius 2 is 1.90 bits per heavy atom. The minimum absolute atomic E-state index is 0.0555. The van der Waals surface area contributed by atoms with E-state index in [1.54, 1.807) is 31.2 Å². The van der Waals surface area contributed by atoms with Gasteiger partial charge in [-0.15, -0.1) is 0 Å². The molecule has 0 saturated carbocycles. The SMILES string of the molecule is Cc1cc(C(N)Cc2ccc([N+](=O)[O-])cc2)ccc1F. The first-order chi connectivity index (χ1) is 9.47. The van der Waals surface area contributed by atoms with Crippen molar-refractivity contribution in [1.29, 1.82) is 0 Å². The van der Waals surface area contributed by atoms with Crippen LogP contribution in [0.25, 0.3) is 0 Å². The number of nitro groups is 1. The monoisotopic (exact) mass is 274 g/mol. The summed E-state index contributed by atoms with van der Waals surface area (Å²) in [7, 11) is 0. The molecule has 0 amide bonds. The number of rotatable bonds is 4. The molecule has 0 spiro atoms. The fourth-order valence-corrected chi connectivity index (χ4v) is 2.02. The standard InChI is InChI=1S/C15H15FN2O2/c1-10-8-12(4-7-14(10)16)15(17)9-11-2-5-13(6-3-11)18(19)20/h2-8,15H,9,17H2,1H3. The summed E-state index contributed by atoms with van der Waals surface area (Å²) in [5.41, 5.74) is 8.46. The molecule has 0 heterocycles. The van der Waals surface area contributed by atoms with Gasteiger partial charge in [-0.25, -0.2) is 4.39 Å². The van der Waals surface area contributed by atoms with E-state index in [9.17, 15) is 14.5 Å². The van der Waals surface area contributed by atoms with Crippen LogP contribution in [-0.4, -0.2) is 4.92 Å². The van der Waals surface area contributed by atoms with Crippen LogP contribution >= 0.6 is 0 Å². The smallest absolute Gasteiger partial charge is 0.269 e. The van der Waals surface area contributed by atoms with Crippen molar-refractivity contribution in [1.82, 2.24) is 0 Å². The quantitative estimate of drug-likeness (QED) is 0.687. The van der Waals surface area contributed by atoms with Crippen molar-refractivity contribution in [2.45, 2.75) is 19.4 Å². The van der Waals surface area contributed by atoms with Crippen molar-refractivity contribution >= 4 is 5.69 Å². The lowest BCUT2D eigenvalue weighted by Gasteiger charge is -2.13. The molecule has 2 N–H and O–H groups in total. The zero-order valence-electron chi connectivity index (χ0n) is 11.0. The fraction of sp³-hybridized carbons (Fsp3) is 0.200. The van der Waals surface area contributed by atoms with Gasteiger partial charge in [0.15, 0.2) is 0 Å². The summed E-state index contributed by atoms with van der Waals surface area (Å²) in [6.45, 7) is 1.69. The van der Waals surface area contributed by atoms with E-state index >= 15 is 0 Å². The number of halogens is 1. The van der Waals surface area contributed by atoms with Crippen molar-refractivity contribution in [3.05, 3.63) is 75.1 Å². The highest BCUT2D eigenvalue weighted by Gasteiger charge is 2.10. The third-order valence-corrected chi connectivity index (χ3v) is 3.21. The van der Waals surface area contributed by atoms with Crippen LogP contribution in [0.1, 0.15) is 22.7 Å². The number of nitro benzene ring substituents is 1. The summed E-state index contributed by atoms with van der Waals surface area (Å²) >= 11 is 0. The summed E-state index contributed by atoms with van der Waals surface area (Å²) in [6.07, 6.45) is 0.545. The minimum atomic E-state index is -0.437. The van der Waals surface area contributed by atoms with Gasteiger partial charge in [0.2, 0.25) is 0 Å². The maximum atomic E-state index is 13.2. The molecule has 4 nitrogen and oxygen atoms in total. The van der Waals surface area contributed by atoms with Crippen molar-refractivity contribution in [3.8, 4) is 0 Å². The zero-order chi connectivity index (χ0) is 14.7. The Bertz CT molecular complexity index is 626. The van der Waals surface area contributed by atoms with E-state index < -0.39 is 4.92 Å². The molecule has 2 aromatic rings. The third kappa shape index (κ3) is 3.19. The topological polar surface area (TPSA) is 69.2 Å². The van der Waals surface area contributed by atoms with Gasteiger partial charge in [0, 0.05) is 18.2 Å². The van der Waals surface area contributed by atoms with E-state index in [-0.39, 0.29) is 17.5 Å². The lowest BCUT2D eigenvalue weighted by Crippen LogP contribution is -2.13. The number of nitrogens with two attached hydrogens (primary N) is 1. The van der Waals surface area contributed by atoms with Crippen LogP contribution in [0.15, 0.2) is 42.5 Å². The minimum Gasteiger partial charge on any atom is -0.324 e. The fourth-order valence-electron chi connectivity index (χ4n) is 2.02. The second-order valence-corrected chi connectivity index (χ2v) is 4.74. The predicted molar refractivity (Wildman–Crippen MR) is 74.9 cm³/mol. The van der Waals surface area contributed by atoms with Gasteiger partial charge in [-0.3, -0.25) is 10.1 Å². The first-order valence-corrected chi connectivity index (χ1v) is 6.22. The first kappa shape index (κ1) is 14.1. The average Bonchev–Trinajstić information content (AvgIpc) is 2.42. The van der Waals surface area contributed by atoms with Gasteiger partial charge in [0.05, 0.1) is 4.92 Å². The Morgan fingerprint density at radius 3 is 2.45 bits per heavy atom. The predicted octanol–water partition coefficient (Wildman–Crippen LogP) is 3.28. The van der Waals surface area contributed by atoms with Gasteiger partial charge in [-0.1, -0.05) is 24.3 Å². The van der Waals surface area contributed by atoms with Crippen LogP contribution in [0.2, 0.25) is 0 Å². The summed E-state index contributed by atoms with van der Waals surface area (Å²) in [5.74, 6) is -0.253. The van der Waals surface area contributed by atoms with Gasteiger partial charge in [0.25, 0.3) is 5.69 Å². The molecule has 20 heavy (non-hydrogen) atoms. The summed E-state index contributed by atoms with van der Waals surface area (Å²) in [6, 6.07) is 10.8. The molecule has 1 atom stereocenters. The second-order valence-electron chi connectivity index (χ2n) is 4.74. The molecular formula is C15H15FN2O2. The molecule has 2 aromatic carbocycles. The molecule has 0 aliphatic rings. The molecule has 0 fully saturated rings. The molecule has 1 unspecified atom stereocenters. The molecule has 104 valence electrons. The molecule has 2 rings (SSSR count). The van der Waals surface area contributed by atoms with Crippen LogP contribution in [0, 0.1) is 22.9 Å². The van der Waals surface area contributed by atoms with Crippen molar-refractivity contribution in [2.24, 2.45) is 5.73 Å². The van der Waals surface area contributed by atoms with Crippen molar-refractivity contribution in [3.63, 3.8) is 0 Å². The maximum Gasteiger partial charge on any atom is 0.269 e. The number of non-ortho nitro benzene ring substituents is 1. The van der Waals surface area contributed by atoms with Gasteiger partial charge < -0.3 is 5.73 Å². The third-order valence-electron chi connectivity index (χ3n) is 3.21. The Labute approximate surface area is 116 Å². The number of hydrogen-bond donors (Lipinski definition) is 1. The van der Waals surface area contributed by atoms with Crippen LogP contribution in [0.5, 0.6) is 0 Å². The number of aryl methyl sites for hydroxylation is 1. The van der Waals surface area contributed by atoms with Crippen LogP contribution < -0.4 is 5.73 Å². The second kappa shape index (κ2) is 5.79. The van der Waals surface area contributed by atoms with Crippen LogP contribution in [0.4, 0.5) is 10.1 Å². The Morgan fingerprint density at radius 1 is 1.25 bits per heavy atom. The number of benzene rings is 2. The Hall–Kier alpha value is -2.27. The summed E-state index contributed by atoms with van der Waals surface area (Å²) in [4.78, 5) is 10.1. The molecule has 0 radical (unpaired) electrons. The highest BCUT2D eigenvalue weighted by molar-refractivity contribution is 5.34. The molecule has 0 aliphatic heterocycles. The Balaban J connectivity index is 2.12. The zero-order valence-corrected chi connectivity index (χ0v) is 11.0. The van der Waals surface area contributed by atoms with E-state index in [1.165, 1.54) is 18.2 Å². The molecule has 0 aliphatic carbocycles. The van der Waals surface area contributed by atoms with Crippen molar-refractivity contribution in [2.75, 3.05) is 0 Å². The lowest BCUT2D eigenvalue weighted by molar-refractivity contribution is -0.384. The molecule has 0 aromatic heterocycles. The van der Waals surface area contributed by atoms with E-state index in [0.29, 0.717) is 12.0 Å². The highest BCUT2D eigenvalue weighted by Crippen LogP contribution is 2.20. The average molecular weight is 274 g/mol. The van der Waals surface area contributed by atoms with E-state index in [0.717, 1.165) is 11.1 Å². The highest BCUT2D eigenvalue weighted by atomic mass is 19.1. The maximum absolute atomic E-state index is 13.2. The van der Waals surface area contributed by atoms with Gasteiger partial charge in [-0.05, 0) is 36.1 Å². The number of hydrogen-bond acceptors (Lipinski definition) is 3. The molecule has 0 bridgehead atoms. The van der Waals surface area contributed by atoms with Gasteiger partial charge in [0.1, 0.15) is 5.82 Å². The summed E-state index contributed by atoms with van der Waals surface area (Å²) in [5, 5.41) is 10.6. The van der Waals surface area contributed by atoms with Crippen LogP contribution in [-0.2, 0) is 6.42 Å². The molecule has 0 saturated heterocycles. The van der Waals surface area contributed by atoms with Crippen molar-refractivity contribution < 1.29 is 9.31 Å². The Kier molecular flexibility index (Phi) is 4.10. The van der Waals surface area contributed by atoms with E-state index in [4.69, 9.17) is 5.73 Å². The first-order valence-electron chi connectivity index (χ1n) is 6.22.